The van der Waals surface area contributed by atoms with Gasteiger partial charge in [-0.3, -0.25) is 0 Å². The summed E-state index contributed by atoms with van der Waals surface area (Å²) in [6.45, 7) is 18.5. The van der Waals surface area contributed by atoms with Crippen molar-refractivity contribution in [3.63, 3.8) is 0 Å². The number of β-amino-alcohol motifs (C(OH)–C–C–N with tert-alkyl or cyclic N) is 2. The Morgan fingerprint density at radius 3 is 1.26 bits per heavy atom. The lowest BCUT2D eigenvalue weighted by Crippen LogP contribution is -2.31. The number of fused-ring (bicyclic) bond motifs is 2. The van der Waals surface area contributed by atoms with Crippen molar-refractivity contribution in [1.82, 2.24) is 49.9 Å². The molecule has 4 aromatic heterocycles. The Morgan fingerprint density at radius 2 is 0.952 bits per heavy atom. The molecule has 62 heavy (non-hydrogen) atoms. The minimum atomic E-state index is -3.39. The minimum Gasteiger partial charge on any atom is -0.388 e. The highest BCUT2D eigenvalue weighted by Gasteiger charge is 2.36. The predicted octanol–water partition coefficient (Wildman–Crippen LogP) is 3.86. The molecule has 2 fully saturated rings. The van der Waals surface area contributed by atoms with Gasteiger partial charge in [-0.2, -0.15) is 0 Å². The number of rotatable bonds is 8. The molecule has 2 aliphatic rings. The summed E-state index contributed by atoms with van der Waals surface area (Å²) in [6.07, 6.45) is 3.67. The topological polar surface area (TPSA) is 228 Å². The summed E-state index contributed by atoms with van der Waals surface area (Å²) in [7, 11) is -6.77. The molecule has 8 rings (SSSR count). The normalized spacial score (nSPS) is 20.0. The van der Waals surface area contributed by atoms with E-state index in [2.05, 4.69) is 20.6 Å². The van der Waals surface area contributed by atoms with Crippen LogP contribution in [0.25, 0.3) is 22.3 Å². The summed E-state index contributed by atoms with van der Waals surface area (Å²) in [5, 5.41) is 38.1. The van der Waals surface area contributed by atoms with E-state index >= 15 is 0 Å². The highest BCUT2D eigenvalue weighted by Crippen LogP contribution is 2.34. The highest BCUT2D eigenvalue weighted by molar-refractivity contribution is 7.91. The molecule has 0 bridgehead atoms. The summed E-state index contributed by atoms with van der Waals surface area (Å²) in [4.78, 5) is 23.6. The van der Waals surface area contributed by atoms with Crippen LogP contribution in [0.15, 0.2) is 58.3 Å². The third-order valence-electron chi connectivity index (χ3n) is 10.9. The quantitative estimate of drug-likeness (QED) is 0.221. The first-order valence-corrected chi connectivity index (χ1v) is 24.2. The molecule has 2 aliphatic heterocycles. The predicted molar refractivity (Wildman–Crippen MR) is 236 cm³/mol. The number of hydrogen-bond acceptors (Lipinski definition) is 16. The molecule has 0 unspecified atom stereocenters. The highest BCUT2D eigenvalue weighted by atomic mass is 32.2. The van der Waals surface area contributed by atoms with Gasteiger partial charge in [0.2, 0.25) is 0 Å². The fourth-order valence-corrected chi connectivity index (χ4v) is 9.44. The average Bonchev–Trinajstić information content (AvgIpc) is 3.95. The number of sulfone groups is 2. The molecule has 18 nitrogen and oxygen atoms in total. The molecule has 0 aliphatic carbocycles. The van der Waals surface area contributed by atoms with Crippen LogP contribution >= 0.6 is 0 Å². The average molecular weight is 889 g/mol. The van der Waals surface area contributed by atoms with Crippen molar-refractivity contribution < 1.29 is 27.0 Å². The Kier molecular flexibility index (Phi) is 11.5. The van der Waals surface area contributed by atoms with E-state index in [9.17, 15) is 27.0 Å². The van der Waals surface area contributed by atoms with Gasteiger partial charge < -0.3 is 20.0 Å². The molecule has 2 saturated heterocycles. The molecule has 0 radical (unpaired) electrons. The van der Waals surface area contributed by atoms with Crippen LogP contribution in [0.5, 0.6) is 0 Å². The van der Waals surface area contributed by atoms with Crippen LogP contribution in [-0.4, -0.2) is 127 Å². The summed E-state index contributed by atoms with van der Waals surface area (Å²) < 4.78 is 52.1. The van der Waals surface area contributed by atoms with Crippen molar-refractivity contribution >= 4 is 53.6 Å². The standard InChI is InChI=1S/2C21H28N6O3S/c2*1-20(2,3)19-22-17(26-11-10-21(4,28)13-26)16-18(23-19)27(25-24-16)12-14-8-6-7-9-15(14)31(5,29)30/h2*6-9,28H,10-13H2,1-5H3/t2*21-/m10/s1. The first-order valence-electron chi connectivity index (χ1n) is 20.4. The second kappa shape index (κ2) is 15.9. The van der Waals surface area contributed by atoms with Crippen LogP contribution in [0, 0.1) is 0 Å². The zero-order chi connectivity index (χ0) is 45.2. The Hall–Kier alpha value is -5.18. The molecule has 0 amide bonds. The molecule has 2 atom stereocenters. The molecule has 0 spiro atoms. The number of benzene rings is 2. The van der Waals surface area contributed by atoms with Crippen LogP contribution in [0.4, 0.5) is 11.6 Å². The molecule has 20 heteroatoms. The molecule has 2 aromatic carbocycles. The summed E-state index contributed by atoms with van der Waals surface area (Å²) in [6, 6.07) is 13.7. The van der Waals surface area contributed by atoms with Crippen LogP contribution in [0.2, 0.25) is 0 Å². The van der Waals surface area contributed by atoms with E-state index in [4.69, 9.17) is 19.9 Å². The molecule has 2 N–H and O–H groups in total. The number of nitrogens with zero attached hydrogens (tertiary/aromatic N) is 12. The zero-order valence-electron chi connectivity index (χ0n) is 37.0. The first-order chi connectivity index (χ1) is 28.7. The number of aliphatic hydroxyl groups is 2. The van der Waals surface area contributed by atoms with Gasteiger partial charge in [-0.05, 0) is 49.9 Å². The van der Waals surface area contributed by atoms with Crippen molar-refractivity contribution in [3.8, 4) is 0 Å². The summed E-state index contributed by atoms with van der Waals surface area (Å²) in [5.74, 6) is 2.58. The van der Waals surface area contributed by atoms with E-state index in [0.29, 0.717) is 95.8 Å². The van der Waals surface area contributed by atoms with Crippen LogP contribution in [-0.2, 0) is 43.6 Å². The number of anilines is 2. The van der Waals surface area contributed by atoms with E-state index in [1.165, 1.54) is 12.5 Å². The maximum absolute atomic E-state index is 12.2. The minimum absolute atomic E-state index is 0.220. The Labute approximate surface area is 362 Å². The third-order valence-corrected chi connectivity index (χ3v) is 13.3. The first kappa shape index (κ1) is 44.9. The van der Waals surface area contributed by atoms with Crippen molar-refractivity contribution in [2.75, 3.05) is 48.5 Å². The SMILES string of the molecule is CC(C)(C)c1nc(N2CC[C@@](C)(O)C2)c2nnn(Cc3ccccc3S(C)(=O)=O)c2n1.CC(C)(C)c1nc(N2CC[C@](C)(O)C2)c2nnn(Cc3ccccc3S(C)(=O)=O)c2n1. The van der Waals surface area contributed by atoms with Crippen LogP contribution < -0.4 is 9.80 Å². The van der Waals surface area contributed by atoms with Gasteiger partial charge in [0, 0.05) is 49.5 Å². The van der Waals surface area contributed by atoms with Gasteiger partial charge in [0.15, 0.2) is 53.6 Å². The van der Waals surface area contributed by atoms with Gasteiger partial charge in [0.1, 0.15) is 11.6 Å². The van der Waals surface area contributed by atoms with Gasteiger partial charge in [0.25, 0.3) is 0 Å². The van der Waals surface area contributed by atoms with Crippen LogP contribution in [0.1, 0.15) is 91.0 Å². The van der Waals surface area contributed by atoms with E-state index in [1.54, 1.807) is 57.9 Å². The van der Waals surface area contributed by atoms with Gasteiger partial charge in [-0.15, -0.1) is 10.2 Å². The molecule has 0 saturated carbocycles. The van der Waals surface area contributed by atoms with E-state index in [-0.39, 0.29) is 33.7 Å². The van der Waals surface area contributed by atoms with Gasteiger partial charge in [0.05, 0.1) is 34.1 Å². The Bertz CT molecular complexity index is 2680. The van der Waals surface area contributed by atoms with E-state index in [0.717, 1.165) is 0 Å². The zero-order valence-corrected chi connectivity index (χ0v) is 38.6. The number of aromatic nitrogens is 10. The van der Waals surface area contributed by atoms with Gasteiger partial charge >= 0.3 is 0 Å². The molecule has 332 valence electrons. The van der Waals surface area contributed by atoms with Crippen molar-refractivity contribution in [3.05, 3.63) is 71.3 Å². The maximum atomic E-state index is 12.2. The molecule has 6 heterocycles. The fourth-order valence-electron chi connectivity index (χ4n) is 7.58. The lowest BCUT2D eigenvalue weighted by atomic mass is 9.95. The largest absolute Gasteiger partial charge is 0.388 e. The van der Waals surface area contributed by atoms with E-state index in [1.807, 2.05) is 65.2 Å². The monoisotopic (exact) mass is 888 g/mol. The molecule has 6 aromatic rings. The van der Waals surface area contributed by atoms with Gasteiger partial charge in [-0.1, -0.05) is 88.4 Å². The lowest BCUT2D eigenvalue weighted by Gasteiger charge is -2.23. The van der Waals surface area contributed by atoms with Crippen LogP contribution in [0.3, 0.4) is 0 Å². The second-order valence-electron chi connectivity index (χ2n) is 19.2. The molecular formula is C42H56N12O6S2. The molecular weight excluding hydrogens is 833 g/mol. The summed E-state index contributed by atoms with van der Waals surface area (Å²) >= 11 is 0. The maximum Gasteiger partial charge on any atom is 0.184 e. The lowest BCUT2D eigenvalue weighted by molar-refractivity contribution is 0.0833. The summed E-state index contributed by atoms with van der Waals surface area (Å²) in [5.41, 5.74) is 1.22. The van der Waals surface area contributed by atoms with E-state index < -0.39 is 30.9 Å². The van der Waals surface area contributed by atoms with Crippen molar-refractivity contribution in [2.24, 2.45) is 0 Å². The Morgan fingerprint density at radius 1 is 0.597 bits per heavy atom. The number of hydrogen-bond donors (Lipinski definition) is 2. The fraction of sp³-hybridized carbons (Fsp3) is 0.524. The Balaban J connectivity index is 0.000000186. The third kappa shape index (κ3) is 9.57. The van der Waals surface area contributed by atoms with Gasteiger partial charge in [-0.25, -0.2) is 46.1 Å². The smallest absolute Gasteiger partial charge is 0.184 e. The van der Waals surface area contributed by atoms with Crippen molar-refractivity contribution in [1.29, 1.82) is 0 Å². The van der Waals surface area contributed by atoms with Crippen molar-refractivity contribution in [2.45, 2.75) is 113 Å². The second-order valence-corrected chi connectivity index (χ2v) is 23.1.